The van der Waals surface area contributed by atoms with Crippen LogP contribution in [-0.2, 0) is 6.54 Å². The molecule has 1 saturated heterocycles. The summed E-state index contributed by atoms with van der Waals surface area (Å²) in [6.45, 7) is 2.82. The molecule has 1 fully saturated rings. The second-order valence-corrected chi connectivity index (χ2v) is 5.21. The molecule has 102 valence electrons. The summed E-state index contributed by atoms with van der Waals surface area (Å²) in [5, 5.41) is 12.3. The first-order chi connectivity index (χ1) is 9.19. The van der Waals surface area contributed by atoms with Crippen molar-refractivity contribution < 1.29 is 4.39 Å². The minimum absolute atomic E-state index is 0.329. The summed E-state index contributed by atoms with van der Waals surface area (Å²) in [6, 6.07) is 7.10. The van der Waals surface area contributed by atoms with E-state index in [0.29, 0.717) is 18.2 Å². The molecule has 1 heterocycles. The molecule has 2 rings (SSSR count). The van der Waals surface area contributed by atoms with E-state index < -0.39 is 0 Å². The van der Waals surface area contributed by atoms with Crippen LogP contribution in [0.15, 0.2) is 18.2 Å². The van der Waals surface area contributed by atoms with E-state index in [1.54, 1.807) is 6.07 Å². The summed E-state index contributed by atoms with van der Waals surface area (Å²) in [5.74, 6) is -0.329. The first-order valence-corrected chi connectivity index (χ1v) is 6.79. The van der Waals surface area contributed by atoms with E-state index in [4.69, 9.17) is 5.26 Å². The molecule has 0 bridgehead atoms. The second kappa shape index (κ2) is 6.65. The quantitative estimate of drug-likeness (QED) is 0.907. The van der Waals surface area contributed by atoms with E-state index in [-0.39, 0.29) is 5.82 Å². The van der Waals surface area contributed by atoms with E-state index in [0.717, 1.165) is 25.1 Å². The van der Waals surface area contributed by atoms with Crippen molar-refractivity contribution in [2.45, 2.75) is 31.8 Å². The molecule has 0 amide bonds. The lowest BCUT2D eigenvalue weighted by atomic mass is 10.1. The lowest BCUT2D eigenvalue weighted by Crippen LogP contribution is -2.32. The van der Waals surface area contributed by atoms with Crippen LogP contribution in [0, 0.1) is 17.1 Å². The van der Waals surface area contributed by atoms with Gasteiger partial charge in [-0.3, -0.25) is 4.90 Å². The van der Waals surface area contributed by atoms with Crippen LogP contribution in [0.2, 0.25) is 0 Å². The predicted molar refractivity (Wildman–Crippen MR) is 73.1 cm³/mol. The van der Waals surface area contributed by atoms with Gasteiger partial charge < -0.3 is 5.32 Å². The molecular weight excluding hydrogens is 241 g/mol. The van der Waals surface area contributed by atoms with Gasteiger partial charge in [-0.15, -0.1) is 0 Å². The zero-order valence-electron chi connectivity index (χ0n) is 11.3. The fourth-order valence-corrected chi connectivity index (χ4v) is 2.66. The minimum atomic E-state index is -0.329. The number of rotatable bonds is 3. The van der Waals surface area contributed by atoms with Crippen LogP contribution in [0.25, 0.3) is 0 Å². The Morgan fingerprint density at radius 1 is 1.37 bits per heavy atom. The van der Waals surface area contributed by atoms with Crippen molar-refractivity contribution in [1.82, 2.24) is 10.2 Å². The first kappa shape index (κ1) is 14.0. The molecule has 1 unspecified atom stereocenters. The summed E-state index contributed by atoms with van der Waals surface area (Å²) in [6.07, 6.45) is 3.47. The Kier molecular flexibility index (Phi) is 4.89. The zero-order chi connectivity index (χ0) is 13.7. The SMILES string of the molecule is CN(Cc1cc(F)cc(C#N)c1)C1CCCNCC1. The Bertz CT molecular complexity index is 459. The van der Waals surface area contributed by atoms with Crippen LogP contribution in [0.3, 0.4) is 0 Å². The fraction of sp³-hybridized carbons (Fsp3) is 0.533. The molecule has 4 heteroatoms. The maximum atomic E-state index is 13.4. The van der Waals surface area contributed by atoms with Crippen molar-refractivity contribution in [1.29, 1.82) is 5.26 Å². The molecular formula is C15H20FN3. The van der Waals surface area contributed by atoms with Gasteiger partial charge >= 0.3 is 0 Å². The van der Waals surface area contributed by atoms with E-state index in [1.165, 1.54) is 25.0 Å². The third kappa shape index (κ3) is 4.02. The molecule has 0 aromatic heterocycles. The van der Waals surface area contributed by atoms with Crippen molar-refractivity contribution in [3.8, 4) is 6.07 Å². The molecule has 1 aromatic carbocycles. The fourth-order valence-electron chi connectivity index (χ4n) is 2.66. The molecule has 3 nitrogen and oxygen atoms in total. The molecule has 0 spiro atoms. The topological polar surface area (TPSA) is 39.1 Å². The van der Waals surface area contributed by atoms with E-state index in [1.807, 2.05) is 6.07 Å². The number of nitrogens with one attached hydrogen (secondary N) is 1. The van der Waals surface area contributed by atoms with Crippen LogP contribution < -0.4 is 5.32 Å². The summed E-state index contributed by atoms with van der Waals surface area (Å²) in [5.41, 5.74) is 1.27. The normalized spacial score (nSPS) is 20.0. The molecule has 1 N–H and O–H groups in total. The highest BCUT2D eigenvalue weighted by atomic mass is 19.1. The lowest BCUT2D eigenvalue weighted by Gasteiger charge is -2.26. The highest BCUT2D eigenvalue weighted by Gasteiger charge is 2.17. The number of benzene rings is 1. The zero-order valence-corrected chi connectivity index (χ0v) is 11.3. The number of halogens is 1. The van der Waals surface area contributed by atoms with Crippen molar-refractivity contribution >= 4 is 0 Å². The molecule has 0 saturated carbocycles. The standard InChI is InChI=1S/C15H20FN3/c1-19(15-3-2-5-18-6-4-15)11-13-7-12(10-17)8-14(16)9-13/h7-9,15,18H,2-6,11H2,1H3. The summed E-state index contributed by atoms with van der Waals surface area (Å²) >= 11 is 0. The highest BCUT2D eigenvalue weighted by Crippen LogP contribution is 2.16. The van der Waals surface area contributed by atoms with Crippen molar-refractivity contribution in [3.05, 3.63) is 35.1 Å². The summed E-state index contributed by atoms with van der Waals surface area (Å²) in [4.78, 5) is 2.27. The molecule has 0 aliphatic carbocycles. The molecule has 0 radical (unpaired) electrons. The van der Waals surface area contributed by atoms with Gasteiger partial charge in [-0.05, 0) is 63.2 Å². The minimum Gasteiger partial charge on any atom is -0.317 e. The van der Waals surface area contributed by atoms with Gasteiger partial charge in [0.15, 0.2) is 0 Å². The van der Waals surface area contributed by atoms with Gasteiger partial charge in [0, 0.05) is 12.6 Å². The molecule has 1 aromatic rings. The van der Waals surface area contributed by atoms with E-state index in [9.17, 15) is 4.39 Å². The third-order valence-electron chi connectivity index (χ3n) is 3.69. The summed E-state index contributed by atoms with van der Waals surface area (Å²) < 4.78 is 13.4. The second-order valence-electron chi connectivity index (χ2n) is 5.21. The number of nitriles is 1. The van der Waals surface area contributed by atoms with Crippen molar-refractivity contribution in [2.24, 2.45) is 0 Å². The Hall–Kier alpha value is -1.44. The molecule has 1 aliphatic rings. The van der Waals surface area contributed by atoms with Crippen LogP contribution >= 0.6 is 0 Å². The van der Waals surface area contributed by atoms with Gasteiger partial charge in [0.25, 0.3) is 0 Å². The molecule has 1 aliphatic heterocycles. The van der Waals surface area contributed by atoms with E-state index >= 15 is 0 Å². The van der Waals surface area contributed by atoms with Crippen LogP contribution in [0.4, 0.5) is 4.39 Å². The van der Waals surface area contributed by atoms with Crippen LogP contribution in [0.1, 0.15) is 30.4 Å². The van der Waals surface area contributed by atoms with E-state index in [2.05, 4.69) is 17.3 Å². The van der Waals surface area contributed by atoms with Crippen molar-refractivity contribution in [3.63, 3.8) is 0 Å². The van der Waals surface area contributed by atoms with Crippen LogP contribution in [0.5, 0.6) is 0 Å². The van der Waals surface area contributed by atoms with Gasteiger partial charge in [-0.2, -0.15) is 5.26 Å². The number of hydrogen-bond donors (Lipinski definition) is 1. The summed E-state index contributed by atoms with van der Waals surface area (Å²) in [7, 11) is 2.08. The molecule has 1 atom stereocenters. The Morgan fingerprint density at radius 2 is 2.21 bits per heavy atom. The van der Waals surface area contributed by atoms with Crippen LogP contribution in [-0.4, -0.2) is 31.1 Å². The van der Waals surface area contributed by atoms with Gasteiger partial charge in [-0.25, -0.2) is 4.39 Å². The smallest absolute Gasteiger partial charge is 0.124 e. The van der Waals surface area contributed by atoms with Gasteiger partial charge in [0.2, 0.25) is 0 Å². The number of hydrogen-bond acceptors (Lipinski definition) is 3. The highest BCUT2D eigenvalue weighted by molar-refractivity contribution is 5.33. The monoisotopic (exact) mass is 261 g/mol. The third-order valence-corrected chi connectivity index (χ3v) is 3.69. The molecule has 19 heavy (non-hydrogen) atoms. The van der Waals surface area contributed by atoms with Gasteiger partial charge in [0.05, 0.1) is 11.6 Å². The first-order valence-electron chi connectivity index (χ1n) is 6.79. The predicted octanol–water partition coefficient (Wildman–Crippen LogP) is 2.27. The van der Waals surface area contributed by atoms with Gasteiger partial charge in [0.1, 0.15) is 5.82 Å². The Morgan fingerprint density at radius 3 is 3.00 bits per heavy atom. The maximum Gasteiger partial charge on any atom is 0.124 e. The average Bonchev–Trinajstić information content (AvgIpc) is 2.66. The van der Waals surface area contributed by atoms with Gasteiger partial charge in [-0.1, -0.05) is 0 Å². The average molecular weight is 261 g/mol. The maximum absolute atomic E-state index is 13.4. The Labute approximate surface area is 114 Å². The van der Waals surface area contributed by atoms with Crippen molar-refractivity contribution in [2.75, 3.05) is 20.1 Å². The largest absolute Gasteiger partial charge is 0.317 e. The Balaban J connectivity index is 2.03. The number of nitrogens with zero attached hydrogens (tertiary/aromatic N) is 2. The lowest BCUT2D eigenvalue weighted by molar-refractivity contribution is 0.216.